The van der Waals surface area contributed by atoms with Crippen molar-refractivity contribution in [3.05, 3.63) is 59.2 Å². The number of rotatable bonds is 1. The summed E-state index contributed by atoms with van der Waals surface area (Å²) < 4.78 is 2.69. The van der Waals surface area contributed by atoms with Crippen molar-refractivity contribution in [1.82, 2.24) is 4.23 Å². The van der Waals surface area contributed by atoms with E-state index in [0.717, 1.165) is 6.42 Å². The number of aromatic nitrogens is 1. The van der Waals surface area contributed by atoms with Crippen LogP contribution in [0.5, 0.6) is 0 Å². The highest BCUT2D eigenvalue weighted by atomic mass is 28.3. The van der Waals surface area contributed by atoms with Gasteiger partial charge in [-0.05, 0) is 34.2 Å². The van der Waals surface area contributed by atoms with E-state index < -0.39 is 8.24 Å². The molecule has 0 unspecified atom stereocenters. The fraction of sp³-hybridized carbons (Fsp3) is 0.364. The van der Waals surface area contributed by atoms with Crippen LogP contribution in [0.15, 0.2) is 42.5 Å². The highest BCUT2D eigenvalue weighted by molar-refractivity contribution is 6.75. The molecule has 0 bridgehead atoms. The van der Waals surface area contributed by atoms with E-state index in [9.17, 15) is 0 Å². The van der Waals surface area contributed by atoms with E-state index in [1.807, 2.05) is 0 Å². The Labute approximate surface area is 146 Å². The van der Waals surface area contributed by atoms with Crippen molar-refractivity contribution < 1.29 is 0 Å². The summed E-state index contributed by atoms with van der Waals surface area (Å²) in [5, 5.41) is 1.47. The van der Waals surface area contributed by atoms with Crippen molar-refractivity contribution in [3.8, 4) is 11.3 Å². The SMILES string of the molecule is CC(C)(C)c1ccc2c(c1)c1c(n2[Si](C)(C)C)-c2ccccc2C1. The first-order valence-electron chi connectivity index (χ1n) is 8.94. The molecule has 124 valence electrons. The Morgan fingerprint density at radius 1 is 0.958 bits per heavy atom. The van der Waals surface area contributed by atoms with Crippen LogP contribution in [0.1, 0.15) is 37.5 Å². The van der Waals surface area contributed by atoms with Gasteiger partial charge in [0.25, 0.3) is 0 Å². The fourth-order valence-electron chi connectivity index (χ4n) is 4.08. The maximum atomic E-state index is 2.69. The van der Waals surface area contributed by atoms with Crippen LogP contribution in [0.25, 0.3) is 22.2 Å². The monoisotopic (exact) mass is 333 g/mol. The van der Waals surface area contributed by atoms with Crippen LogP contribution in [0, 0.1) is 0 Å². The molecule has 0 saturated heterocycles. The topological polar surface area (TPSA) is 4.93 Å². The van der Waals surface area contributed by atoms with Crippen LogP contribution in [-0.2, 0) is 11.8 Å². The highest BCUT2D eigenvalue weighted by Gasteiger charge is 2.32. The van der Waals surface area contributed by atoms with Crippen molar-refractivity contribution in [2.75, 3.05) is 0 Å². The number of nitrogens with zero attached hydrogens (tertiary/aromatic N) is 1. The molecule has 2 aromatic carbocycles. The molecule has 0 saturated carbocycles. The first-order valence-corrected chi connectivity index (χ1v) is 12.4. The van der Waals surface area contributed by atoms with Gasteiger partial charge in [-0.25, -0.2) is 0 Å². The molecule has 1 aliphatic carbocycles. The standard InChI is InChI=1S/C22H27NSi/c1-22(2,3)16-11-12-20-18(14-16)19-13-15-9-7-8-10-17(15)21(19)23(20)24(4,5)6/h7-12,14H,13H2,1-6H3. The minimum atomic E-state index is -1.52. The van der Waals surface area contributed by atoms with Crippen molar-refractivity contribution in [3.63, 3.8) is 0 Å². The van der Waals surface area contributed by atoms with Crippen LogP contribution >= 0.6 is 0 Å². The van der Waals surface area contributed by atoms with E-state index in [1.54, 1.807) is 5.56 Å². The number of fused-ring (bicyclic) bond motifs is 5. The quantitative estimate of drug-likeness (QED) is 0.366. The molecular formula is C22H27NSi. The fourth-order valence-corrected chi connectivity index (χ4v) is 5.92. The largest absolute Gasteiger partial charge is 0.368 e. The van der Waals surface area contributed by atoms with Crippen molar-refractivity contribution >= 4 is 19.1 Å². The van der Waals surface area contributed by atoms with Crippen LogP contribution < -0.4 is 0 Å². The van der Waals surface area contributed by atoms with Crippen molar-refractivity contribution in [2.45, 2.75) is 52.2 Å². The normalized spacial score (nSPS) is 14.1. The van der Waals surface area contributed by atoms with Gasteiger partial charge in [-0.15, -0.1) is 0 Å². The molecule has 0 atom stereocenters. The predicted molar refractivity (Wildman–Crippen MR) is 108 cm³/mol. The lowest BCUT2D eigenvalue weighted by Gasteiger charge is -2.24. The Morgan fingerprint density at radius 2 is 1.67 bits per heavy atom. The van der Waals surface area contributed by atoms with Gasteiger partial charge in [-0.2, -0.15) is 0 Å². The van der Waals surface area contributed by atoms with Crippen molar-refractivity contribution in [2.24, 2.45) is 0 Å². The van der Waals surface area contributed by atoms with Gasteiger partial charge in [0.1, 0.15) is 0 Å². The summed E-state index contributed by atoms with van der Waals surface area (Å²) in [5.74, 6) is 0. The molecular weight excluding hydrogens is 306 g/mol. The average molecular weight is 334 g/mol. The number of hydrogen-bond donors (Lipinski definition) is 0. The first-order chi connectivity index (χ1) is 11.2. The molecule has 1 aliphatic rings. The zero-order valence-electron chi connectivity index (χ0n) is 15.7. The summed E-state index contributed by atoms with van der Waals surface area (Å²) in [7, 11) is -1.52. The summed E-state index contributed by atoms with van der Waals surface area (Å²) >= 11 is 0. The Balaban J connectivity index is 2.11. The summed E-state index contributed by atoms with van der Waals surface area (Å²) in [5.41, 5.74) is 9.02. The molecule has 0 N–H and O–H groups in total. The van der Waals surface area contributed by atoms with Gasteiger partial charge in [0.2, 0.25) is 0 Å². The van der Waals surface area contributed by atoms with Crippen LogP contribution in [-0.4, -0.2) is 12.5 Å². The second kappa shape index (κ2) is 4.86. The number of benzene rings is 2. The molecule has 1 nitrogen and oxygen atoms in total. The molecule has 2 heteroatoms. The van der Waals surface area contributed by atoms with E-state index in [-0.39, 0.29) is 5.41 Å². The molecule has 0 radical (unpaired) electrons. The minimum absolute atomic E-state index is 0.188. The molecule has 0 spiro atoms. The summed E-state index contributed by atoms with van der Waals surface area (Å²) in [4.78, 5) is 0. The number of hydrogen-bond acceptors (Lipinski definition) is 0. The van der Waals surface area contributed by atoms with Gasteiger partial charge in [-0.1, -0.05) is 70.7 Å². The second-order valence-electron chi connectivity index (χ2n) is 9.15. The molecule has 1 heterocycles. The van der Waals surface area contributed by atoms with E-state index >= 15 is 0 Å². The van der Waals surface area contributed by atoms with E-state index in [2.05, 4.69) is 87.1 Å². The Morgan fingerprint density at radius 3 is 2.33 bits per heavy atom. The summed E-state index contributed by atoms with van der Waals surface area (Å²) in [6.45, 7) is 14.3. The molecule has 4 rings (SSSR count). The van der Waals surface area contributed by atoms with Crippen LogP contribution in [0.3, 0.4) is 0 Å². The highest BCUT2D eigenvalue weighted by Crippen LogP contribution is 2.45. The molecule has 0 amide bonds. The maximum absolute atomic E-state index is 2.69. The second-order valence-corrected chi connectivity index (χ2v) is 13.9. The van der Waals surface area contributed by atoms with Gasteiger partial charge >= 0.3 is 0 Å². The van der Waals surface area contributed by atoms with Crippen LogP contribution in [0.2, 0.25) is 19.6 Å². The lowest BCUT2D eigenvalue weighted by atomic mass is 9.86. The minimum Gasteiger partial charge on any atom is -0.368 e. The van der Waals surface area contributed by atoms with Gasteiger partial charge in [-0.3, -0.25) is 0 Å². The lowest BCUT2D eigenvalue weighted by molar-refractivity contribution is 0.591. The maximum Gasteiger partial charge on any atom is 0.153 e. The average Bonchev–Trinajstić information content (AvgIpc) is 2.99. The zero-order chi connectivity index (χ0) is 17.3. The third-order valence-electron chi connectivity index (χ3n) is 5.25. The summed E-state index contributed by atoms with van der Waals surface area (Å²) in [6, 6.07) is 16.1. The van der Waals surface area contributed by atoms with E-state index in [1.165, 1.54) is 33.3 Å². The molecule has 24 heavy (non-hydrogen) atoms. The lowest BCUT2D eigenvalue weighted by Crippen LogP contribution is -2.32. The third-order valence-corrected chi connectivity index (χ3v) is 7.05. The first kappa shape index (κ1) is 15.7. The predicted octanol–water partition coefficient (Wildman–Crippen LogP) is 6.19. The van der Waals surface area contributed by atoms with Gasteiger partial charge in [0.15, 0.2) is 8.24 Å². The third kappa shape index (κ3) is 2.20. The van der Waals surface area contributed by atoms with Gasteiger partial charge in [0.05, 0.1) is 0 Å². The smallest absolute Gasteiger partial charge is 0.153 e. The van der Waals surface area contributed by atoms with Crippen LogP contribution in [0.4, 0.5) is 0 Å². The Bertz CT molecular complexity index is 948. The Kier molecular flexibility index (Phi) is 3.18. The van der Waals surface area contributed by atoms with E-state index in [4.69, 9.17) is 0 Å². The molecule has 1 aromatic heterocycles. The Hall–Kier alpha value is -1.80. The van der Waals surface area contributed by atoms with Gasteiger partial charge < -0.3 is 4.23 Å². The molecule has 0 aliphatic heterocycles. The molecule has 3 aromatic rings. The summed E-state index contributed by atoms with van der Waals surface area (Å²) in [6.07, 6.45) is 1.08. The molecule has 0 fully saturated rings. The van der Waals surface area contributed by atoms with Gasteiger partial charge in [0, 0.05) is 28.6 Å². The van der Waals surface area contributed by atoms with Crippen molar-refractivity contribution in [1.29, 1.82) is 0 Å². The van der Waals surface area contributed by atoms with E-state index in [0.29, 0.717) is 0 Å². The zero-order valence-corrected chi connectivity index (χ0v) is 16.7.